The molecule has 5 rings (SSSR count). The van der Waals surface area contributed by atoms with E-state index in [1.54, 1.807) is 36.4 Å². The predicted molar refractivity (Wildman–Crippen MR) is 114 cm³/mol. The minimum absolute atomic E-state index is 0.196. The topological polar surface area (TPSA) is 69.8 Å². The summed E-state index contributed by atoms with van der Waals surface area (Å²) in [6.45, 7) is 2.65. The summed E-state index contributed by atoms with van der Waals surface area (Å²) < 4.78 is 27.0. The predicted octanol–water partition coefficient (Wildman–Crippen LogP) is 4.13. The molecular weight excluding hydrogens is 396 g/mol. The van der Waals surface area contributed by atoms with Gasteiger partial charge >= 0.3 is 5.97 Å². The maximum atomic E-state index is 12.4. The van der Waals surface area contributed by atoms with E-state index in [2.05, 4.69) is 0 Å². The van der Waals surface area contributed by atoms with E-state index in [1.807, 2.05) is 36.4 Å². The highest BCUT2D eigenvalue weighted by Gasteiger charge is 2.23. The van der Waals surface area contributed by atoms with Gasteiger partial charge in [0.15, 0.2) is 0 Å². The van der Waals surface area contributed by atoms with Crippen molar-refractivity contribution in [1.29, 1.82) is 0 Å². The summed E-state index contributed by atoms with van der Waals surface area (Å²) in [6, 6.07) is 22.2. The molecule has 0 saturated carbocycles. The first-order valence-corrected chi connectivity index (χ1v) is 10.2. The van der Waals surface area contributed by atoms with E-state index in [0.717, 1.165) is 30.1 Å². The smallest absolute Gasteiger partial charge is 0.343 e. The van der Waals surface area contributed by atoms with E-state index in [0.29, 0.717) is 30.3 Å². The summed E-state index contributed by atoms with van der Waals surface area (Å²) in [5, 5.41) is 0. The standard InChI is InChI=1S/C25H22O6/c26-25(19-5-9-21(10-6-19)28-14-24-16-30-24)31-22-11-3-18(4-12-22)17-1-7-20(8-2-17)27-13-23-15-29-23/h1-12,23-24H,13-16H2. The van der Waals surface area contributed by atoms with Gasteiger partial charge in [0, 0.05) is 0 Å². The molecular formula is C25H22O6. The van der Waals surface area contributed by atoms with Crippen molar-refractivity contribution in [3.8, 4) is 28.4 Å². The zero-order valence-electron chi connectivity index (χ0n) is 16.9. The quantitative estimate of drug-likeness (QED) is 0.296. The van der Waals surface area contributed by atoms with Crippen molar-refractivity contribution >= 4 is 5.97 Å². The van der Waals surface area contributed by atoms with Crippen LogP contribution in [0.25, 0.3) is 11.1 Å². The second kappa shape index (κ2) is 8.79. The highest BCUT2D eigenvalue weighted by Crippen LogP contribution is 2.26. The van der Waals surface area contributed by atoms with Gasteiger partial charge in [0.25, 0.3) is 0 Å². The SMILES string of the molecule is O=C(Oc1ccc(-c2ccc(OCC3CO3)cc2)cc1)c1ccc(OCC2CO2)cc1. The molecule has 31 heavy (non-hydrogen) atoms. The molecule has 0 N–H and O–H groups in total. The first kappa shape index (κ1) is 19.6. The van der Waals surface area contributed by atoms with E-state index >= 15 is 0 Å². The second-order valence-corrected chi connectivity index (χ2v) is 7.50. The van der Waals surface area contributed by atoms with Gasteiger partial charge in [-0.05, 0) is 59.7 Å². The monoisotopic (exact) mass is 418 g/mol. The van der Waals surface area contributed by atoms with Crippen molar-refractivity contribution in [1.82, 2.24) is 0 Å². The summed E-state index contributed by atoms with van der Waals surface area (Å²) in [5.74, 6) is 1.60. The molecule has 158 valence electrons. The number of hydrogen-bond acceptors (Lipinski definition) is 6. The first-order chi connectivity index (χ1) is 15.2. The Labute approximate surface area is 180 Å². The minimum Gasteiger partial charge on any atom is -0.491 e. The molecule has 2 saturated heterocycles. The van der Waals surface area contributed by atoms with Gasteiger partial charge in [0.2, 0.25) is 0 Å². The molecule has 6 heteroatoms. The summed E-state index contributed by atoms with van der Waals surface area (Å²) >= 11 is 0. The van der Waals surface area contributed by atoms with Crippen LogP contribution in [0.1, 0.15) is 10.4 Å². The number of hydrogen-bond donors (Lipinski definition) is 0. The Hall–Kier alpha value is -3.35. The molecule has 2 heterocycles. The molecule has 2 aliphatic heterocycles. The Balaban J connectivity index is 1.16. The summed E-state index contributed by atoms with van der Waals surface area (Å²) in [6.07, 6.45) is 0.435. The maximum Gasteiger partial charge on any atom is 0.343 e. The maximum absolute atomic E-state index is 12.4. The van der Waals surface area contributed by atoms with Gasteiger partial charge in [-0.25, -0.2) is 4.79 Å². The average molecular weight is 418 g/mol. The molecule has 0 aliphatic carbocycles. The molecule has 2 atom stereocenters. The van der Waals surface area contributed by atoms with Crippen LogP contribution in [0, 0.1) is 0 Å². The molecule has 0 amide bonds. The van der Waals surface area contributed by atoms with Crippen molar-refractivity contribution in [2.45, 2.75) is 12.2 Å². The van der Waals surface area contributed by atoms with Crippen molar-refractivity contribution in [2.75, 3.05) is 26.4 Å². The van der Waals surface area contributed by atoms with Crippen molar-refractivity contribution < 1.29 is 28.5 Å². The lowest BCUT2D eigenvalue weighted by atomic mass is 10.1. The van der Waals surface area contributed by atoms with Gasteiger partial charge in [-0.15, -0.1) is 0 Å². The number of esters is 1. The number of ether oxygens (including phenoxy) is 5. The fourth-order valence-electron chi connectivity index (χ4n) is 3.02. The number of benzene rings is 3. The molecule has 0 aromatic heterocycles. The molecule has 0 bridgehead atoms. The lowest BCUT2D eigenvalue weighted by Crippen LogP contribution is -2.09. The average Bonchev–Trinajstić information content (AvgIpc) is 3.73. The number of carbonyl (C=O) groups excluding carboxylic acids is 1. The van der Waals surface area contributed by atoms with Crippen LogP contribution in [-0.2, 0) is 9.47 Å². The van der Waals surface area contributed by atoms with Gasteiger partial charge in [0.1, 0.15) is 42.7 Å². The van der Waals surface area contributed by atoms with Crippen molar-refractivity contribution in [3.05, 3.63) is 78.4 Å². The van der Waals surface area contributed by atoms with E-state index < -0.39 is 5.97 Å². The first-order valence-electron chi connectivity index (χ1n) is 10.2. The van der Waals surface area contributed by atoms with Crippen LogP contribution in [0.3, 0.4) is 0 Å². The zero-order valence-corrected chi connectivity index (χ0v) is 16.9. The van der Waals surface area contributed by atoms with Crippen LogP contribution >= 0.6 is 0 Å². The van der Waals surface area contributed by atoms with E-state index in [9.17, 15) is 4.79 Å². The number of epoxide rings is 2. The van der Waals surface area contributed by atoms with E-state index in [-0.39, 0.29) is 12.2 Å². The molecule has 0 spiro atoms. The zero-order chi connectivity index (χ0) is 21.0. The normalized spacial score (nSPS) is 18.8. The number of rotatable bonds is 9. The van der Waals surface area contributed by atoms with Crippen LogP contribution < -0.4 is 14.2 Å². The Bertz CT molecular complexity index is 1020. The molecule has 2 aliphatic rings. The number of carbonyl (C=O) groups is 1. The summed E-state index contributed by atoms with van der Waals surface area (Å²) in [5.41, 5.74) is 2.55. The van der Waals surface area contributed by atoms with Gasteiger partial charge in [-0.3, -0.25) is 0 Å². The van der Waals surface area contributed by atoms with Gasteiger partial charge in [-0.2, -0.15) is 0 Å². The lowest BCUT2D eigenvalue weighted by Gasteiger charge is -2.08. The fourth-order valence-corrected chi connectivity index (χ4v) is 3.02. The summed E-state index contributed by atoms with van der Waals surface area (Å²) in [4.78, 5) is 12.4. The van der Waals surface area contributed by atoms with E-state index in [4.69, 9.17) is 23.7 Å². The molecule has 0 radical (unpaired) electrons. The second-order valence-electron chi connectivity index (χ2n) is 7.50. The molecule has 2 unspecified atom stereocenters. The summed E-state index contributed by atoms with van der Waals surface area (Å²) in [7, 11) is 0. The lowest BCUT2D eigenvalue weighted by molar-refractivity contribution is 0.0734. The van der Waals surface area contributed by atoms with Crippen molar-refractivity contribution in [2.24, 2.45) is 0 Å². The van der Waals surface area contributed by atoms with Gasteiger partial charge in [0.05, 0.1) is 18.8 Å². The molecule has 6 nitrogen and oxygen atoms in total. The van der Waals surface area contributed by atoms with Crippen LogP contribution in [0.4, 0.5) is 0 Å². The van der Waals surface area contributed by atoms with Crippen LogP contribution in [0.2, 0.25) is 0 Å². The third-order valence-corrected chi connectivity index (χ3v) is 5.02. The van der Waals surface area contributed by atoms with Crippen LogP contribution in [0.15, 0.2) is 72.8 Å². The third kappa shape index (κ3) is 5.42. The molecule has 3 aromatic rings. The molecule has 2 fully saturated rings. The Morgan fingerprint density at radius 2 is 1.10 bits per heavy atom. The van der Waals surface area contributed by atoms with Crippen molar-refractivity contribution in [3.63, 3.8) is 0 Å². The van der Waals surface area contributed by atoms with E-state index in [1.165, 1.54) is 0 Å². The van der Waals surface area contributed by atoms with Crippen LogP contribution in [0.5, 0.6) is 17.2 Å². The minimum atomic E-state index is -0.411. The third-order valence-electron chi connectivity index (χ3n) is 5.02. The van der Waals surface area contributed by atoms with Crippen LogP contribution in [-0.4, -0.2) is 44.6 Å². The highest BCUT2D eigenvalue weighted by atomic mass is 16.6. The Kier molecular flexibility index (Phi) is 5.56. The Morgan fingerprint density at radius 1 is 0.677 bits per heavy atom. The fraction of sp³-hybridized carbons (Fsp3) is 0.240. The highest BCUT2D eigenvalue weighted by molar-refractivity contribution is 5.91. The largest absolute Gasteiger partial charge is 0.491 e. The van der Waals surface area contributed by atoms with Gasteiger partial charge in [-0.1, -0.05) is 24.3 Å². The van der Waals surface area contributed by atoms with Gasteiger partial charge < -0.3 is 23.7 Å². The molecule has 3 aromatic carbocycles. The Morgan fingerprint density at radius 3 is 1.55 bits per heavy atom.